The van der Waals surface area contributed by atoms with Gasteiger partial charge in [0, 0.05) is 0 Å². The van der Waals surface area contributed by atoms with E-state index < -0.39 is 5.97 Å². The number of rotatable bonds is 5. The van der Waals surface area contributed by atoms with Gasteiger partial charge in [-0.25, -0.2) is 4.79 Å². The Kier molecular flexibility index (Phi) is 4.70. The summed E-state index contributed by atoms with van der Waals surface area (Å²) >= 11 is 3.28. The fourth-order valence-electron chi connectivity index (χ4n) is 1.79. The van der Waals surface area contributed by atoms with E-state index in [0.29, 0.717) is 16.0 Å². The SMILES string of the molecule is COc1cc(C(=O)O)cc(Br)c1OCc1cccc(O)c1. The predicted octanol–water partition coefficient (Wildman–Crippen LogP) is 3.44. The molecule has 110 valence electrons. The smallest absolute Gasteiger partial charge is 0.335 e. The molecule has 0 heterocycles. The maximum Gasteiger partial charge on any atom is 0.335 e. The van der Waals surface area contributed by atoms with Gasteiger partial charge < -0.3 is 19.7 Å². The first-order valence-electron chi connectivity index (χ1n) is 6.03. The number of hydrogen-bond donors (Lipinski definition) is 2. The van der Waals surface area contributed by atoms with Crippen molar-refractivity contribution in [1.29, 1.82) is 0 Å². The highest BCUT2D eigenvalue weighted by atomic mass is 79.9. The lowest BCUT2D eigenvalue weighted by Gasteiger charge is -2.13. The number of carbonyl (C=O) groups is 1. The van der Waals surface area contributed by atoms with Gasteiger partial charge in [-0.15, -0.1) is 0 Å². The molecule has 0 atom stereocenters. The molecule has 2 aromatic rings. The minimum absolute atomic E-state index is 0.100. The summed E-state index contributed by atoms with van der Waals surface area (Å²) in [6, 6.07) is 9.53. The van der Waals surface area contributed by atoms with Crippen molar-refractivity contribution in [2.45, 2.75) is 6.61 Å². The molecule has 0 amide bonds. The maximum atomic E-state index is 11.0. The van der Waals surface area contributed by atoms with Crippen LogP contribution in [0, 0.1) is 0 Å². The van der Waals surface area contributed by atoms with Gasteiger partial charge in [-0.2, -0.15) is 0 Å². The van der Waals surface area contributed by atoms with E-state index in [1.165, 1.54) is 19.2 Å². The second kappa shape index (κ2) is 6.49. The molecule has 2 N–H and O–H groups in total. The van der Waals surface area contributed by atoms with Gasteiger partial charge in [-0.1, -0.05) is 12.1 Å². The number of ether oxygens (including phenoxy) is 2. The molecule has 0 aliphatic rings. The molecule has 6 heteroatoms. The molecular formula is C15H13BrO5. The zero-order valence-electron chi connectivity index (χ0n) is 11.2. The molecule has 0 radical (unpaired) electrons. The Hall–Kier alpha value is -2.21. The fraction of sp³-hybridized carbons (Fsp3) is 0.133. The van der Waals surface area contributed by atoms with Crippen LogP contribution in [0.4, 0.5) is 0 Å². The topological polar surface area (TPSA) is 76.0 Å². The standard InChI is InChI=1S/C15H13BrO5/c1-20-13-7-10(15(18)19)6-12(16)14(13)21-8-9-3-2-4-11(17)5-9/h2-7,17H,8H2,1H3,(H,18,19). The Morgan fingerprint density at radius 2 is 2.05 bits per heavy atom. The van der Waals surface area contributed by atoms with E-state index >= 15 is 0 Å². The monoisotopic (exact) mass is 352 g/mol. The number of carboxylic acids is 1. The predicted molar refractivity (Wildman–Crippen MR) is 80.1 cm³/mol. The van der Waals surface area contributed by atoms with E-state index in [2.05, 4.69) is 15.9 Å². The van der Waals surface area contributed by atoms with Crippen molar-refractivity contribution in [1.82, 2.24) is 0 Å². The lowest BCUT2D eigenvalue weighted by atomic mass is 10.2. The van der Waals surface area contributed by atoms with E-state index in [-0.39, 0.29) is 17.9 Å². The van der Waals surface area contributed by atoms with Gasteiger partial charge in [-0.3, -0.25) is 0 Å². The Morgan fingerprint density at radius 3 is 2.67 bits per heavy atom. The number of carboxylic acid groups (broad SMARTS) is 1. The van der Waals surface area contributed by atoms with Gasteiger partial charge in [-0.05, 0) is 45.8 Å². The molecule has 0 bridgehead atoms. The van der Waals surface area contributed by atoms with E-state index in [1.807, 2.05) is 6.07 Å². The first-order valence-corrected chi connectivity index (χ1v) is 6.82. The second-order valence-electron chi connectivity index (χ2n) is 4.25. The molecular weight excluding hydrogens is 340 g/mol. The zero-order valence-corrected chi connectivity index (χ0v) is 12.8. The molecule has 5 nitrogen and oxygen atoms in total. The van der Waals surface area contributed by atoms with Gasteiger partial charge in [0.05, 0.1) is 17.1 Å². The number of phenols is 1. The number of halogens is 1. The highest BCUT2D eigenvalue weighted by Gasteiger charge is 2.15. The molecule has 2 aromatic carbocycles. The molecule has 0 saturated heterocycles. The average molecular weight is 353 g/mol. The number of benzene rings is 2. The number of phenolic OH excluding ortho intramolecular Hbond substituents is 1. The van der Waals surface area contributed by atoms with E-state index in [9.17, 15) is 9.90 Å². The summed E-state index contributed by atoms with van der Waals surface area (Å²) in [6.45, 7) is 0.218. The largest absolute Gasteiger partial charge is 0.508 e. The van der Waals surface area contributed by atoms with Crippen LogP contribution >= 0.6 is 15.9 Å². The first-order chi connectivity index (χ1) is 10.0. The number of aromatic carboxylic acids is 1. The highest BCUT2D eigenvalue weighted by molar-refractivity contribution is 9.10. The Bertz CT molecular complexity index is 669. The quantitative estimate of drug-likeness (QED) is 0.861. The van der Waals surface area contributed by atoms with Crippen molar-refractivity contribution in [2.24, 2.45) is 0 Å². The molecule has 0 aliphatic carbocycles. The lowest BCUT2D eigenvalue weighted by molar-refractivity contribution is 0.0696. The summed E-state index contributed by atoms with van der Waals surface area (Å²) in [7, 11) is 1.44. The van der Waals surface area contributed by atoms with Crippen molar-refractivity contribution < 1.29 is 24.5 Å². The van der Waals surface area contributed by atoms with Crippen LogP contribution in [-0.4, -0.2) is 23.3 Å². The third-order valence-electron chi connectivity index (χ3n) is 2.77. The van der Waals surface area contributed by atoms with Gasteiger partial charge >= 0.3 is 5.97 Å². The zero-order chi connectivity index (χ0) is 15.4. The summed E-state index contributed by atoms with van der Waals surface area (Å²) in [5.41, 5.74) is 0.884. The van der Waals surface area contributed by atoms with Crippen LogP contribution in [0.15, 0.2) is 40.9 Å². The molecule has 0 fully saturated rings. The Morgan fingerprint density at radius 1 is 1.29 bits per heavy atom. The molecule has 21 heavy (non-hydrogen) atoms. The van der Waals surface area contributed by atoms with Crippen molar-refractivity contribution in [3.8, 4) is 17.2 Å². The molecule has 0 saturated carbocycles. The van der Waals surface area contributed by atoms with Crippen LogP contribution in [-0.2, 0) is 6.61 Å². The van der Waals surface area contributed by atoms with Crippen molar-refractivity contribution in [3.05, 3.63) is 52.0 Å². The first kappa shape index (κ1) is 15.2. The van der Waals surface area contributed by atoms with E-state index in [4.69, 9.17) is 14.6 Å². The lowest BCUT2D eigenvalue weighted by Crippen LogP contribution is -2.02. The van der Waals surface area contributed by atoms with Crippen molar-refractivity contribution in [3.63, 3.8) is 0 Å². The summed E-state index contributed by atoms with van der Waals surface area (Å²) in [6.07, 6.45) is 0. The Balaban J connectivity index is 2.25. The van der Waals surface area contributed by atoms with Gasteiger partial charge in [0.2, 0.25) is 0 Å². The molecule has 0 aromatic heterocycles. The summed E-state index contributed by atoms with van der Waals surface area (Å²) in [5, 5.41) is 18.4. The minimum atomic E-state index is -1.05. The highest BCUT2D eigenvalue weighted by Crippen LogP contribution is 2.37. The van der Waals surface area contributed by atoms with E-state index in [1.54, 1.807) is 18.2 Å². The van der Waals surface area contributed by atoms with Crippen LogP contribution in [0.25, 0.3) is 0 Å². The summed E-state index contributed by atoms with van der Waals surface area (Å²) < 4.78 is 11.3. The minimum Gasteiger partial charge on any atom is -0.508 e. The van der Waals surface area contributed by atoms with Crippen LogP contribution in [0.3, 0.4) is 0 Å². The average Bonchev–Trinajstić information content (AvgIpc) is 2.45. The van der Waals surface area contributed by atoms with Crippen molar-refractivity contribution >= 4 is 21.9 Å². The third-order valence-corrected chi connectivity index (χ3v) is 3.36. The summed E-state index contributed by atoms with van der Waals surface area (Å²) in [5.74, 6) is -0.162. The molecule has 0 aliphatic heterocycles. The van der Waals surface area contributed by atoms with Crippen LogP contribution < -0.4 is 9.47 Å². The van der Waals surface area contributed by atoms with Crippen LogP contribution in [0.5, 0.6) is 17.2 Å². The number of methoxy groups -OCH3 is 1. The van der Waals surface area contributed by atoms with Crippen LogP contribution in [0.1, 0.15) is 15.9 Å². The second-order valence-corrected chi connectivity index (χ2v) is 5.11. The maximum absolute atomic E-state index is 11.0. The molecule has 0 spiro atoms. The van der Waals surface area contributed by atoms with Gasteiger partial charge in [0.25, 0.3) is 0 Å². The number of hydrogen-bond acceptors (Lipinski definition) is 4. The third kappa shape index (κ3) is 3.66. The summed E-state index contributed by atoms with van der Waals surface area (Å²) in [4.78, 5) is 11.0. The Labute approximate surface area is 129 Å². The molecule has 2 rings (SSSR count). The van der Waals surface area contributed by atoms with Crippen LogP contribution in [0.2, 0.25) is 0 Å². The van der Waals surface area contributed by atoms with Gasteiger partial charge in [0.1, 0.15) is 12.4 Å². The van der Waals surface area contributed by atoms with E-state index in [0.717, 1.165) is 5.56 Å². The van der Waals surface area contributed by atoms with Gasteiger partial charge in [0.15, 0.2) is 11.5 Å². The molecule has 0 unspecified atom stereocenters. The van der Waals surface area contributed by atoms with Crippen molar-refractivity contribution in [2.75, 3.05) is 7.11 Å². The number of aromatic hydroxyl groups is 1. The normalized spacial score (nSPS) is 10.2. The fourth-order valence-corrected chi connectivity index (χ4v) is 2.34.